The minimum atomic E-state index is 0.0662. The van der Waals surface area contributed by atoms with Crippen LogP contribution in [0, 0.1) is 0 Å². The van der Waals surface area contributed by atoms with Crippen molar-refractivity contribution in [1.29, 1.82) is 0 Å². The standard InChI is InChI=1S/C11H17BrN2/c1-4-14(3)11-6-5-9(12)7-10(11)8(2)13/h5-8H,4,13H2,1-3H3. The van der Waals surface area contributed by atoms with Crippen LogP contribution in [0.15, 0.2) is 22.7 Å². The lowest BCUT2D eigenvalue weighted by Crippen LogP contribution is -2.19. The molecule has 1 aromatic carbocycles. The monoisotopic (exact) mass is 256 g/mol. The molecule has 1 aromatic rings. The molecule has 3 heteroatoms. The van der Waals surface area contributed by atoms with Gasteiger partial charge in [-0.1, -0.05) is 15.9 Å². The van der Waals surface area contributed by atoms with Gasteiger partial charge in [0.2, 0.25) is 0 Å². The third-order valence-corrected chi connectivity index (χ3v) is 2.86. The van der Waals surface area contributed by atoms with Gasteiger partial charge in [0.15, 0.2) is 0 Å². The van der Waals surface area contributed by atoms with Crippen LogP contribution >= 0.6 is 15.9 Å². The SMILES string of the molecule is CCN(C)c1ccc(Br)cc1C(C)N. The zero-order valence-electron chi connectivity index (χ0n) is 8.92. The summed E-state index contributed by atoms with van der Waals surface area (Å²) in [7, 11) is 2.08. The van der Waals surface area contributed by atoms with Gasteiger partial charge in [-0.3, -0.25) is 0 Å². The molecule has 0 aliphatic carbocycles. The van der Waals surface area contributed by atoms with E-state index in [2.05, 4.69) is 46.9 Å². The molecule has 0 fully saturated rings. The molecule has 0 saturated heterocycles. The van der Waals surface area contributed by atoms with E-state index in [0.717, 1.165) is 11.0 Å². The average Bonchev–Trinajstić information content (AvgIpc) is 2.16. The van der Waals surface area contributed by atoms with Gasteiger partial charge < -0.3 is 10.6 Å². The molecule has 2 nitrogen and oxygen atoms in total. The molecule has 0 aliphatic heterocycles. The van der Waals surface area contributed by atoms with E-state index in [9.17, 15) is 0 Å². The quantitative estimate of drug-likeness (QED) is 0.902. The lowest BCUT2D eigenvalue weighted by atomic mass is 10.1. The number of benzene rings is 1. The van der Waals surface area contributed by atoms with Crippen LogP contribution in [0.2, 0.25) is 0 Å². The Morgan fingerprint density at radius 1 is 1.50 bits per heavy atom. The Bertz CT molecular complexity index is 310. The van der Waals surface area contributed by atoms with Crippen molar-refractivity contribution >= 4 is 21.6 Å². The maximum absolute atomic E-state index is 5.93. The summed E-state index contributed by atoms with van der Waals surface area (Å²) in [5.74, 6) is 0. The molecule has 0 bridgehead atoms. The predicted molar refractivity (Wildman–Crippen MR) is 65.7 cm³/mol. The highest BCUT2D eigenvalue weighted by molar-refractivity contribution is 9.10. The Kier molecular flexibility index (Phi) is 3.96. The first-order valence-corrected chi connectivity index (χ1v) is 5.61. The van der Waals surface area contributed by atoms with Crippen LogP contribution in [0.5, 0.6) is 0 Å². The van der Waals surface area contributed by atoms with Gasteiger partial charge in [-0.25, -0.2) is 0 Å². The molecule has 1 rings (SSSR count). The molecule has 0 spiro atoms. The molecule has 0 radical (unpaired) electrons. The Morgan fingerprint density at radius 3 is 2.64 bits per heavy atom. The van der Waals surface area contributed by atoms with E-state index < -0.39 is 0 Å². The van der Waals surface area contributed by atoms with Crippen LogP contribution in [0.25, 0.3) is 0 Å². The summed E-state index contributed by atoms with van der Waals surface area (Å²) in [5, 5.41) is 0. The van der Waals surface area contributed by atoms with Crippen LogP contribution in [0.4, 0.5) is 5.69 Å². The van der Waals surface area contributed by atoms with Crippen molar-refractivity contribution in [3.8, 4) is 0 Å². The van der Waals surface area contributed by atoms with E-state index in [-0.39, 0.29) is 6.04 Å². The van der Waals surface area contributed by atoms with Crippen molar-refractivity contribution in [1.82, 2.24) is 0 Å². The predicted octanol–water partition coefficient (Wildman–Crippen LogP) is 2.92. The highest BCUT2D eigenvalue weighted by Gasteiger charge is 2.09. The number of rotatable bonds is 3. The van der Waals surface area contributed by atoms with Gasteiger partial charge in [-0.05, 0) is 37.6 Å². The Balaban J connectivity index is 3.14. The third kappa shape index (κ3) is 2.49. The minimum Gasteiger partial charge on any atom is -0.375 e. The van der Waals surface area contributed by atoms with Crippen molar-refractivity contribution in [2.75, 3.05) is 18.5 Å². The number of anilines is 1. The lowest BCUT2D eigenvalue weighted by molar-refractivity contribution is 0.805. The molecule has 14 heavy (non-hydrogen) atoms. The second kappa shape index (κ2) is 4.80. The van der Waals surface area contributed by atoms with Gasteiger partial charge in [0, 0.05) is 29.8 Å². The van der Waals surface area contributed by atoms with Crippen LogP contribution < -0.4 is 10.6 Å². The summed E-state index contributed by atoms with van der Waals surface area (Å²) in [6.45, 7) is 5.13. The zero-order valence-corrected chi connectivity index (χ0v) is 10.5. The summed E-state index contributed by atoms with van der Waals surface area (Å²) in [5.41, 5.74) is 8.33. The molecule has 2 N–H and O–H groups in total. The molecule has 78 valence electrons. The molecule has 1 unspecified atom stereocenters. The molecule has 0 saturated carbocycles. The second-order valence-corrected chi connectivity index (χ2v) is 4.42. The van der Waals surface area contributed by atoms with Crippen molar-refractivity contribution in [2.45, 2.75) is 19.9 Å². The summed E-state index contributed by atoms with van der Waals surface area (Å²) >= 11 is 3.46. The van der Waals surface area contributed by atoms with E-state index in [4.69, 9.17) is 5.73 Å². The van der Waals surface area contributed by atoms with Crippen LogP contribution in [-0.4, -0.2) is 13.6 Å². The zero-order chi connectivity index (χ0) is 10.7. The molecule has 0 amide bonds. The van der Waals surface area contributed by atoms with Gasteiger partial charge in [0.25, 0.3) is 0 Å². The first-order chi connectivity index (χ1) is 6.56. The molecule has 0 aromatic heterocycles. The third-order valence-electron chi connectivity index (χ3n) is 2.37. The van der Waals surface area contributed by atoms with E-state index in [1.807, 2.05) is 13.0 Å². The van der Waals surface area contributed by atoms with Crippen molar-refractivity contribution in [2.24, 2.45) is 5.73 Å². The van der Waals surface area contributed by atoms with Crippen molar-refractivity contribution in [3.63, 3.8) is 0 Å². The highest BCUT2D eigenvalue weighted by Crippen LogP contribution is 2.27. The summed E-state index contributed by atoms with van der Waals surface area (Å²) in [6.07, 6.45) is 0. The normalized spacial score (nSPS) is 12.6. The first kappa shape index (κ1) is 11.5. The number of nitrogens with two attached hydrogens (primary N) is 1. The summed E-state index contributed by atoms with van der Waals surface area (Å²) in [4.78, 5) is 2.20. The Hall–Kier alpha value is -0.540. The number of nitrogens with zero attached hydrogens (tertiary/aromatic N) is 1. The van der Waals surface area contributed by atoms with Gasteiger partial charge in [0.1, 0.15) is 0 Å². The molecule has 0 aliphatic rings. The van der Waals surface area contributed by atoms with E-state index in [0.29, 0.717) is 0 Å². The minimum absolute atomic E-state index is 0.0662. The Morgan fingerprint density at radius 2 is 2.14 bits per heavy atom. The topological polar surface area (TPSA) is 29.3 Å². The molecular weight excluding hydrogens is 240 g/mol. The number of hydrogen-bond acceptors (Lipinski definition) is 2. The number of hydrogen-bond donors (Lipinski definition) is 1. The fourth-order valence-corrected chi connectivity index (χ4v) is 1.79. The van der Waals surface area contributed by atoms with Gasteiger partial charge in [-0.2, -0.15) is 0 Å². The maximum Gasteiger partial charge on any atom is 0.0412 e. The molecule has 0 heterocycles. The molecular formula is C11H17BrN2. The van der Waals surface area contributed by atoms with E-state index in [1.165, 1.54) is 11.3 Å². The van der Waals surface area contributed by atoms with Gasteiger partial charge >= 0.3 is 0 Å². The Labute approximate surface area is 94.2 Å². The van der Waals surface area contributed by atoms with E-state index >= 15 is 0 Å². The first-order valence-electron chi connectivity index (χ1n) is 4.82. The fraction of sp³-hybridized carbons (Fsp3) is 0.455. The van der Waals surface area contributed by atoms with Crippen molar-refractivity contribution in [3.05, 3.63) is 28.2 Å². The summed E-state index contributed by atoms with van der Waals surface area (Å²) in [6, 6.07) is 6.31. The highest BCUT2D eigenvalue weighted by atomic mass is 79.9. The van der Waals surface area contributed by atoms with Crippen LogP contribution in [0.3, 0.4) is 0 Å². The van der Waals surface area contributed by atoms with E-state index in [1.54, 1.807) is 0 Å². The van der Waals surface area contributed by atoms with Crippen LogP contribution in [0.1, 0.15) is 25.5 Å². The van der Waals surface area contributed by atoms with Gasteiger partial charge in [0.05, 0.1) is 0 Å². The van der Waals surface area contributed by atoms with Crippen LogP contribution in [-0.2, 0) is 0 Å². The van der Waals surface area contributed by atoms with Crippen molar-refractivity contribution < 1.29 is 0 Å². The number of halogens is 1. The molecule has 1 atom stereocenters. The fourth-order valence-electron chi connectivity index (χ4n) is 1.41. The maximum atomic E-state index is 5.93. The average molecular weight is 257 g/mol. The largest absolute Gasteiger partial charge is 0.375 e. The van der Waals surface area contributed by atoms with Gasteiger partial charge in [-0.15, -0.1) is 0 Å². The lowest BCUT2D eigenvalue weighted by Gasteiger charge is -2.22. The smallest absolute Gasteiger partial charge is 0.0412 e. The second-order valence-electron chi connectivity index (χ2n) is 3.51. The summed E-state index contributed by atoms with van der Waals surface area (Å²) < 4.78 is 1.08.